The zero-order chi connectivity index (χ0) is 25.8. The highest BCUT2D eigenvalue weighted by molar-refractivity contribution is 9.10. The van der Waals surface area contributed by atoms with Crippen molar-refractivity contribution in [1.29, 1.82) is 0 Å². The van der Waals surface area contributed by atoms with Gasteiger partial charge in [0, 0.05) is 17.4 Å². The van der Waals surface area contributed by atoms with Gasteiger partial charge in [-0.15, -0.1) is 0 Å². The number of halogens is 1. The maximum absolute atomic E-state index is 12.4. The number of carbonyl (C=O) groups is 3. The molecule has 2 N–H and O–H groups in total. The van der Waals surface area contributed by atoms with E-state index in [1.165, 1.54) is 6.21 Å². The third-order valence-corrected chi connectivity index (χ3v) is 5.56. The summed E-state index contributed by atoms with van der Waals surface area (Å²) in [5.74, 6) is -0.295. The number of hydrogen-bond acceptors (Lipinski definition) is 6. The van der Waals surface area contributed by atoms with Gasteiger partial charge in [0.15, 0.2) is 11.5 Å². The van der Waals surface area contributed by atoms with Gasteiger partial charge in [-0.05, 0) is 77.3 Å². The average Bonchev–Trinajstić information content (AvgIpc) is 2.89. The molecule has 0 heterocycles. The summed E-state index contributed by atoms with van der Waals surface area (Å²) in [6.45, 7) is 2.56. The van der Waals surface area contributed by atoms with Crippen LogP contribution in [0.5, 0.6) is 11.5 Å². The zero-order valence-electron chi connectivity index (χ0n) is 19.7. The highest BCUT2D eigenvalue weighted by Gasteiger charge is 2.13. The zero-order valence-corrected chi connectivity index (χ0v) is 21.3. The fourth-order valence-electron chi connectivity index (χ4n) is 3.12. The van der Waals surface area contributed by atoms with Crippen LogP contribution in [0.25, 0.3) is 0 Å². The van der Waals surface area contributed by atoms with Crippen molar-refractivity contribution in [3.8, 4) is 11.5 Å². The van der Waals surface area contributed by atoms with E-state index in [-0.39, 0.29) is 24.0 Å². The van der Waals surface area contributed by atoms with E-state index < -0.39 is 5.97 Å². The molecule has 0 aliphatic heterocycles. The first-order valence-electron chi connectivity index (χ1n) is 11.4. The van der Waals surface area contributed by atoms with Crippen molar-refractivity contribution in [3.63, 3.8) is 0 Å². The molecule has 8 nitrogen and oxygen atoms in total. The van der Waals surface area contributed by atoms with E-state index in [0.717, 1.165) is 0 Å². The molecule has 0 bridgehead atoms. The van der Waals surface area contributed by atoms with Gasteiger partial charge >= 0.3 is 5.97 Å². The minimum Gasteiger partial charge on any atom is -0.490 e. The quantitative estimate of drug-likeness (QED) is 0.118. The van der Waals surface area contributed by atoms with E-state index in [1.807, 2.05) is 19.1 Å². The predicted molar refractivity (Wildman–Crippen MR) is 140 cm³/mol. The standard InChI is InChI=1S/C27H26BrN3O5/c1-2-35-24-17-19(14-15-23(24)36-27(34)20-9-4-3-5-10-20)18-30-31-25(32)13-8-16-29-26(33)21-11-6-7-12-22(21)28/h3-7,9-12,14-15,17-18H,2,8,13,16H2,1H3,(H,29,33)(H,31,32)/b30-18+. The number of esters is 1. The molecule has 0 aliphatic carbocycles. The second-order valence-electron chi connectivity index (χ2n) is 7.53. The van der Waals surface area contributed by atoms with Crippen LogP contribution in [0.3, 0.4) is 0 Å². The second-order valence-corrected chi connectivity index (χ2v) is 8.38. The van der Waals surface area contributed by atoms with Crippen molar-refractivity contribution in [2.24, 2.45) is 5.10 Å². The van der Waals surface area contributed by atoms with Crippen LogP contribution in [-0.2, 0) is 4.79 Å². The van der Waals surface area contributed by atoms with E-state index in [1.54, 1.807) is 60.7 Å². The molecule has 0 aliphatic rings. The Hall–Kier alpha value is -3.98. The highest BCUT2D eigenvalue weighted by atomic mass is 79.9. The number of ether oxygens (including phenoxy) is 2. The van der Waals surface area contributed by atoms with Crippen molar-refractivity contribution >= 4 is 39.9 Å². The van der Waals surface area contributed by atoms with E-state index in [4.69, 9.17) is 9.47 Å². The van der Waals surface area contributed by atoms with Gasteiger partial charge in [-0.25, -0.2) is 10.2 Å². The molecule has 0 fully saturated rings. The summed E-state index contributed by atoms with van der Waals surface area (Å²) < 4.78 is 11.8. The number of hydrogen-bond donors (Lipinski definition) is 2. The van der Waals surface area contributed by atoms with Gasteiger partial charge in [0.2, 0.25) is 5.91 Å². The SMILES string of the molecule is CCOc1cc(/C=N/NC(=O)CCCNC(=O)c2ccccc2Br)ccc1OC(=O)c1ccccc1. The molecule has 36 heavy (non-hydrogen) atoms. The van der Waals surface area contributed by atoms with Crippen LogP contribution < -0.4 is 20.2 Å². The Bertz CT molecular complexity index is 1230. The van der Waals surface area contributed by atoms with Crippen molar-refractivity contribution < 1.29 is 23.9 Å². The summed E-state index contributed by atoms with van der Waals surface area (Å²) in [5.41, 5.74) is 4.09. The molecule has 9 heteroatoms. The van der Waals surface area contributed by atoms with E-state index in [2.05, 4.69) is 31.8 Å². The highest BCUT2D eigenvalue weighted by Crippen LogP contribution is 2.29. The molecule has 0 spiro atoms. The molecule has 0 aromatic heterocycles. The number of rotatable bonds is 11. The van der Waals surface area contributed by atoms with Crippen molar-refractivity contribution in [2.45, 2.75) is 19.8 Å². The minimum atomic E-state index is -0.488. The number of nitrogens with zero attached hydrogens (tertiary/aromatic N) is 1. The van der Waals surface area contributed by atoms with Gasteiger partial charge in [-0.2, -0.15) is 5.10 Å². The van der Waals surface area contributed by atoms with E-state index in [0.29, 0.717) is 46.5 Å². The molecule has 3 aromatic rings. The molecular formula is C27H26BrN3O5. The summed E-state index contributed by atoms with van der Waals surface area (Å²) in [6.07, 6.45) is 2.14. The lowest BCUT2D eigenvalue weighted by atomic mass is 10.2. The molecule has 0 unspecified atom stereocenters. The number of hydrazone groups is 1. The first-order chi connectivity index (χ1) is 17.5. The molecular weight excluding hydrogens is 526 g/mol. The van der Waals surface area contributed by atoms with E-state index >= 15 is 0 Å². The third kappa shape index (κ3) is 8.06. The smallest absolute Gasteiger partial charge is 0.343 e. The first kappa shape index (κ1) is 26.6. The van der Waals surface area contributed by atoms with Crippen LogP contribution in [0.15, 0.2) is 82.4 Å². The van der Waals surface area contributed by atoms with Crippen LogP contribution in [0.1, 0.15) is 46.0 Å². The molecule has 0 saturated carbocycles. The Morgan fingerprint density at radius 3 is 2.47 bits per heavy atom. The Morgan fingerprint density at radius 1 is 0.972 bits per heavy atom. The number of nitrogens with one attached hydrogen (secondary N) is 2. The lowest BCUT2D eigenvalue weighted by molar-refractivity contribution is -0.121. The van der Waals surface area contributed by atoms with Crippen LogP contribution >= 0.6 is 15.9 Å². The van der Waals surface area contributed by atoms with Gasteiger partial charge in [0.25, 0.3) is 5.91 Å². The minimum absolute atomic E-state index is 0.201. The summed E-state index contributed by atoms with van der Waals surface area (Å²) in [4.78, 5) is 36.6. The number of carbonyl (C=O) groups excluding carboxylic acids is 3. The molecule has 3 rings (SSSR count). The average molecular weight is 552 g/mol. The van der Waals surface area contributed by atoms with Crippen molar-refractivity contribution in [1.82, 2.24) is 10.7 Å². The number of amides is 2. The van der Waals surface area contributed by atoms with Crippen LogP contribution in [-0.4, -0.2) is 37.1 Å². The fraction of sp³-hybridized carbons (Fsp3) is 0.185. The van der Waals surface area contributed by atoms with Crippen molar-refractivity contribution in [2.75, 3.05) is 13.2 Å². The normalized spacial score (nSPS) is 10.6. The summed E-state index contributed by atoms with van der Waals surface area (Å²) in [6, 6.07) is 20.8. The fourth-order valence-corrected chi connectivity index (χ4v) is 3.58. The topological polar surface area (TPSA) is 106 Å². The first-order valence-corrected chi connectivity index (χ1v) is 12.2. The summed E-state index contributed by atoms with van der Waals surface area (Å²) in [7, 11) is 0. The van der Waals surface area contributed by atoms with Crippen LogP contribution in [0.2, 0.25) is 0 Å². The molecule has 0 atom stereocenters. The lowest BCUT2D eigenvalue weighted by Crippen LogP contribution is -2.26. The van der Waals surface area contributed by atoms with Gasteiger partial charge in [0.1, 0.15) is 0 Å². The monoisotopic (exact) mass is 551 g/mol. The molecule has 0 radical (unpaired) electrons. The second kappa shape index (κ2) is 13.8. The summed E-state index contributed by atoms with van der Waals surface area (Å²) in [5, 5.41) is 6.76. The maximum Gasteiger partial charge on any atom is 0.343 e. The van der Waals surface area contributed by atoms with E-state index in [9.17, 15) is 14.4 Å². The van der Waals surface area contributed by atoms with Crippen LogP contribution in [0.4, 0.5) is 0 Å². The summed E-state index contributed by atoms with van der Waals surface area (Å²) >= 11 is 3.34. The Kier molecular flexibility index (Phi) is 10.2. The maximum atomic E-state index is 12.4. The molecule has 186 valence electrons. The Morgan fingerprint density at radius 2 is 1.72 bits per heavy atom. The van der Waals surface area contributed by atoms with Crippen molar-refractivity contribution in [3.05, 3.63) is 94.0 Å². The molecule has 3 aromatic carbocycles. The Balaban J connectivity index is 1.47. The Labute approximate surface area is 217 Å². The molecule has 0 saturated heterocycles. The van der Waals surface area contributed by atoms with Gasteiger partial charge < -0.3 is 14.8 Å². The van der Waals surface area contributed by atoms with Crippen LogP contribution in [0, 0.1) is 0 Å². The predicted octanol–water partition coefficient (Wildman–Crippen LogP) is 4.73. The number of benzene rings is 3. The van der Waals surface area contributed by atoms with Gasteiger partial charge in [-0.3, -0.25) is 9.59 Å². The van der Waals surface area contributed by atoms with Gasteiger partial charge in [-0.1, -0.05) is 30.3 Å². The lowest BCUT2D eigenvalue weighted by Gasteiger charge is -2.11. The largest absolute Gasteiger partial charge is 0.490 e. The van der Waals surface area contributed by atoms with Gasteiger partial charge in [0.05, 0.1) is 23.9 Å². The third-order valence-electron chi connectivity index (χ3n) is 4.87. The molecule has 2 amide bonds.